The van der Waals surface area contributed by atoms with E-state index in [4.69, 9.17) is 29.2 Å². The lowest BCUT2D eigenvalue weighted by molar-refractivity contribution is -0.140. The normalized spacial score (nSPS) is 10.6. The maximum absolute atomic E-state index is 12.5. The van der Waals surface area contributed by atoms with Gasteiger partial charge in [0.15, 0.2) is 0 Å². The van der Waals surface area contributed by atoms with Crippen LogP contribution in [0.5, 0.6) is 11.5 Å². The minimum absolute atomic E-state index is 0.0379. The molecule has 0 aliphatic rings. The first-order valence-electron chi connectivity index (χ1n) is 13.9. The quantitative estimate of drug-likeness (QED) is 0.120. The summed E-state index contributed by atoms with van der Waals surface area (Å²) < 4.78 is 34.4. The van der Waals surface area contributed by atoms with Crippen molar-refractivity contribution >= 4 is 11.9 Å². The molecule has 0 fully saturated rings. The summed E-state index contributed by atoms with van der Waals surface area (Å²) in [6.45, 7) is 6.91. The van der Waals surface area contributed by atoms with Gasteiger partial charge in [-0.3, -0.25) is 4.39 Å². The molecule has 0 radical (unpaired) electrons. The minimum Gasteiger partial charge on any atom is -0.490 e. The van der Waals surface area contributed by atoms with Gasteiger partial charge in [0.05, 0.1) is 6.67 Å². The largest absolute Gasteiger partial charge is 0.490 e. The van der Waals surface area contributed by atoms with Crippen molar-refractivity contribution in [2.45, 2.75) is 44.9 Å². The Kier molecular flexibility index (Phi) is 15.9. The first kappa shape index (κ1) is 33.5. The molecule has 0 unspecified atom stereocenters. The van der Waals surface area contributed by atoms with Gasteiger partial charge in [-0.25, -0.2) is 9.59 Å². The van der Waals surface area contributed by atoms with Gasteiger partial charge in [-0.1, -0.05) is 44.2 Å². The fourth-order valence-corrected chi connectivity index (χ4v) is 3.91. The molecular weight excluding hydrogens is 531 g/mol. The second-order valence-electron chi connectivity index (χ2n) is 9.32. The van der Waals surface area contributed by atoms with Gasteiger partial charge in [-0.15, -0.1) is 0 Å². The molecule has 0 aromatic heterocycles. The fourth-order valence-electron chi connectivity index (χ4n) is 3.91. The van der Waals surface area contributed by atoms with Gasteiger partial charge in [0.1, 0.15) is 37.9 Å². The van der Waals surface area contributed by atoms with Gasteiger partial charge in [0.25, 0.3) is 0 Å². The molecule has 0 aliphatic carbocycles. The van der Waals surface area contributed by atoms with Gasteiger partial charge in [0, 0.05) is 37.2 Å². The lowest BCUT2D eigenvalue weighted by Crippen LogP contribution is -2.14. The van der Waals surface area contributed by atoms with Crippen molar-refractivity contribution < 1.29 is 43.1 Å². The Labute approximate surface area is 241 Å². The van der Waals surface area contributed by atoms with Crippen LogP contribution in [-0.4, -0.2) is 68.5 Å². The highest BCUT2D eigenvalue weighted by atomic mass is 19.1. The number of aliphatic hydroxyl groups is 2. The maximum Gasteiger partial charge on any atom is 0.333 e. The lowest BCUT2D eigenvalue weighted by Gasteiger charge is -2.15. The molecule has 2 aromatic rings. The molecule has 0 saturated heterocycles. The second kappa shape index (κ2) is 19.4. The summed E-state index contributed by atoms with van der Waals surface area (Å²) in [5.74, 6) is 0.0816. The van der Waals surface area contributed by atoms with E-state index >= 15 is 0 Å². The highest BCUT2D eigenvalue weighted by Gasteiger charge is 2.12. The van der Waals surface area contributed by atoms with E-state index in [-0.39, 0.29) is 70.3 Å². The third-order valence-corrected chi connectivity index (χ3v) is 6.13. The van der Waals surface area contributed by atoms with Crippen LogP contribution >= 0.6 is 0 Å². The summed E-state index contributed by atoms with van der Waals surface area (Å²) in [5.41, 5.74) is 3.39. The van der Waals surface area contributed by atoms with Gasteiger partial charge < -0.3 is 29.2 Å². The number of halogens is 1. The number of alkyl halides is 1. The topological polar surface area (TPSA) is 112 Å². The van der Waals surface area contributed by atoms with Gasteiger partial charge in [-0.2, -0.15) is 0 Å². The van der Waals surface area contributed by atoms with Crippen LogP contribution in [0.3, 0.4) is 0 Å². The number of unbranched alkanes of at least 4 members (excludes halogenated alkanes) is 3. The Bertz CT molecular complexity index is 1130. The van der Waals surface area contributed by atoms with E-state index in [0.29, 0.717) is 17.9 Å². The predicted octanol–water partition coefficient (Wildman–Crippen LogP) is 5.15. The van der Waals surface area contributed by atoms with E-state index in [9.17, 15) is 14.0 Å². The molecule has 0 aliphatic heterocycles. The van der Waals surface area contributed by atoms with Crippen LogP contribution < -0.4 is 9.47 Å². The summed E-state index contributed by atoms with van der Waals surface area (Å²) >= 11 is 0. The highest BCUT2D eigenvalue weighted by molar-refractivity contribution is 5.88. The molecule has 0 atom stereocenters. The molecule has 2 aromatic carbocycles. The van der Waals surface area contributed by atoms with E-state index < -0.39 is 11.9 Å². The molecule has 0 saturated carbocycles. The zero-order chi connectivity index (χ0) is 29.9. The second-order valence-corrected chi connectivity index (χ2v) is 9.32. The molecule has 2 N–H and O–H groups in total. The molecule has 224 valence electrons. The minimum atomic E-state index is -0.562. The molecule has 0 spiro atoms. The average Bonchev–Trinajstić information content (AvgIpc) is 2.98. The van der Waals surface area contributed by atoms with E-state index in [1.54, 1.807) is 0 Å². The van der Waals surface area contributed by atoms with Gasteiger partial charge in [0.2, 0.25) is 0 Å². The Morgan fingerprint density at radius 3 is 1.90 bits per heavy atom. The zero-order valence-electron chi connectivity index (χ0n) is 23.6. The zero-order valence-corrected chi connectivity index (χ0v) is 23.6. The number of aliphatic hydroxyl groups excluding tert-OH is 2. The van der Waals surface area contributed by atoms with Crippen molar-refractivity contribution in [1.29, 1.82) is 0 Å². The van der Waals surface area contributed by atoms with Crippen molar-refractivity contribution in [3.63, 3.8) is 0 Å². The van der Waals surface area contributed by atoms with Crippen molar-refractivity contribution in [1.82, 2.24) is 0 Å². The summed E-state index contributed by atoms with van der Waals surface area (Å²) in [6, 6.07) is 13.3. The number of benzene rings is 2. The van der Waals surface area contributed by atoms with Crippen LogP contribution in [0.15, 0.2) is 66.8 Å². The molecule has 0 amide bonds. The van der Waals surface area contributed by atoms with Gasteiger partial charge >= 0.3 is 11.9 Å². The third-order valence-electron chi connectivity index (χ3n) is 6.13. The van der Waals surface area contributed by atoms with Crippen molar-refractivity contribution in [2.75, 3.05) is 46.3 Å². The average molecular weight is 573 g/mol. The monoisotopic (exact) mass is 572 g/mol. The molecule has 8 nitrogen and oxygen atoms in total. The molecule has 0 heterocycles. The Hall–Kier alpha value is -3.69. The molecule has 2 rings (SSSR count). The predicted molar refractivity (Wildman–Crippen MR) is 155 cm³/mol. The summed E-state index contributed by atoms with van der Waals surface area (Å²) in [7, 11) is 0. The van der Waals surface area contributed by atoms with Crippen LogP contribution in [0.2, 0.25) is 0 Å². The number of rotatable bonds is 21. The first-order valence-corrected chi connectivity index (χ1v) is 13.9. The van der Waals surface area contributed by atoms with E-state index in [2.05, 4.69) is 13.2 Å². The maximum atomic E-state index is 12.5. The SMILES string of the molecule is C=C(CCO)C(=O)OCCOc1cccc(-c2cc(OCCOC(=O)C(=C)CCO)ccc2CCCCCCF)c1. The molecule has 9 heteroatoms. The highest BCUT2D eigenvalue weighted by Crippen LogP contribution is 2.31. The third kappa shape index (κ3) is 12.6. The van der Waals surface area contributed by atoms with Crippen LogP contribution in [0.4, 0.5) is 4.39 Å². The molecular formula is C32H41FO8. The Morgan fingerprint density at radius 1 is 0.732 bits per heavy atom. The smallest absolute Gasteiger partial charge is 0.333 e. The number of hydrogen-bond acceptors (Lipinski definition) is 8. The van der Waals surface area contributed by atoms with E-state index in [1.165, 1.54) is 0 Å². The number of ether oxygens (including phenoxy) is 4. The van der Waals surface area contributed by atoms with Crippen LogP contribution in [0, 0.1) is 0 Å². The van der Waals surface area contributed by atoms with Gasteiger partial charge in [-0.05, 0) is 60.2 Å². The van der Waals surface area contributed by atoms with Crippen LogP contribution in [-0.2, 0) is 25.5 Å². The van der Waals surface area contributed by atoms with Crippen LogP contribution in [0.1, 0.15) is 44.1 Å². The van der Waals surface area contributed by atoms with Crippen molar-refractivity contribution in [3.05, 3.63) is 72.3 Å². The first-order chi connectivity index (χ1) is 19.9. The standard InChI is InChI=1S/C32H41FO8/c1-24(13-16-34)31(36)40-20-18-38-28-10-7-9-27(22-28)30-23-29(12-11-26(30)8-5-3-4-6-15-33)39-19-21-41-32(37)25(2)14-17-35/h7,9-12,22-23,34-35H,1-6,8,13-21H2. The summed E-state index contributed by atoms with van der Waals surface area (Å²) in [5, 5.41) is 17.8. The van der Waals surface area contributed by atoms with Crippen molar-refractivity contribution in [2.24, 2.45) is 0 Å². The number of aryl methyl sites for hydroxylation is 1. The number of carbonyl (C=O) groups is 2. The number of hydrogen-bond donors (Lipinski definition) is 2. The number of carbonyl (C=O) groups excluding carboxylic acids is 2. The summed E-state index contributed by atoms with van der Waals surface area (Å²) in [6.07, 6.45) is 4.40. The lowest BCUT2D eigenvalue weighted by atomic mass is 9.95. The fraction of sp³-hybridized carbons (Fsp3) is 0.438. The van der Waals surface area contributed by atoms with Crippen molar-refractivity contribution in [3.8, 4) is 22.6 Å². The van der Waals surface area contributed by atoms with Crippen LogP contribution in [0.25, 0.3) is 11.1 Å². The van der Waals surface area contributed by atoms with E-state index in [0.717, 1.165) is 42.4 Å². The summed E-state index contributed by atoms with van der Waals surface area (Å²) in [4.78, 5) is 23.7. The number of esters is 2. The van der Waals surface area contributed by atoms with E-state index in [1.807, 2.05) is 42.5 Å². The Balaban J connectivity index is 2.06. The molecule has 0 bridgehead atoms. The Morgan fingerprint density at radius 2 is 1.32 bits per heavy atom. The molecule has 41 heavy (non-hydrogen) atoms.